The Morgan fingerprint density at radius 2 is 1.53 bits per heavy atom. The Morgan fingerprint density at radius 3 is 2.06 bits per heavy atom. The molecule has 0 aromatic heterocycles. The van der Waals surface area contributed by atoms with Gasteiger partial charge in [0.15, 0.2) is 5.69 Å². The Hall–Kier alpha value is -2.37. The van der Waals surface area contributed by atoms with Crippen LogP contribution in [0.25, 0.3) is 16.0 Å². The first-order valence-electron chi connectivity index (χ1n) is 11.1. The molecule has 0 aliphatic carbocycles. The maximum absolute atomic E-state index is 12.7. The van der Waals surface area contributed by atoms with Gasteiger partial charge in [-0.25, -0.2) is 4.85 Å². The molecule has 3 aromatic carbocycles. The van der Waals surface area contributed by atoms with Crippen LogP contribution in [0, 0.1) is 12.5 Å². The predicted molar refractivity (Wildman–Crippen MR) is 145 cm³/mol. The number of rotatable bonds is 8. The molecule has 0 aliphatic heterocycles. The third-order valence-electron chi connectivity index (χ3n) is 5.59. The molecule has 3 rings (SSSR count). The van der Waals surface area contributed by atoms with Crippen LogP contribution in [-0.2, 0) is 28.6 Å². The minimum Gasteiger partial charge on any atom is -0.319 e. The van der Waals surface area contributed by atoms with E-state index < -0.39 is 7.14 Å². The van der Waals surface area contributed by atoms with Crippen molar-refractivity contribution in [3.63, 3.8) is 0 Å². The molecule has 0 atom stereocenters. The molecule has 0 unspecified atom stereocenters. The van der Waals surface area contributed by atoms with E-state index in [4.69, 9.17) is 29.8 Å². The first-order chi connectivity index (χ1) is 16.0. The van der Waals surface area contributed by atoms with Gasteiger partial charge in [0.25, 0.3) is 0 Å². The lowest BCUT2D eigenvalue weighted by Gasteiger charge is -2.13. The average Bonchev–Trinajstić information content (AvgIpc) is 2.73. The van der Waals surface area contributed by atoms with Gasteiger partial charge in [0, 0.05) is 23.7 Å². The second-order valence-electron chi connectivity index (χ2n) is 9.40. The van der Waals surface area contributed by atoms with Crippen LogP contribution < -0.4 is 5.30 Å². The lowest BCUT2D eigenvalue weighted by molar-refractivity contribution is -0.117. The molecule has 0 aliphatic rings. The summed E-state index contributed by atoms with van der Waals surface area (Å²) in [5, 5.41) is 1.71. The van der Waals surface area contributed by atoms with E-state index >= 15 is 0 Å². The number of ketones is 1. The molecule has 0 N–H and O–H groups in total. The molecule has 0 fully saturated rings. The number of carbonyl (C=O) groups is 1. The summed E-state index contributed by atoms with van der Waals surface area (Å²) in [6, 6.07) is 16.7. The van der Waals surface area contributed by atoms with Gasteiger partial charge >= 0.3 is 0 Å². The molecule has 34 heavy (non-hydrogen) atoms. The Labute approximate surface area is 212 Å². The van der Waals surface area contributed by atoms with E-state index in [0.29, 0.717) is 27.2 Å². The normalized spacial score (nSPS) is 11.5. The fourth-order valence-corrected chi connectivity index (χ4v) is 5.55. The van der Waals surface area contributed by atoms with Crippen LogP contribution in [0.1, 0.15) is 30.5 Å². The molecule has 0 radical (unpaired) electrons. The fraction of sp³-hybridized carbons (Fsp3) is 0.286. The molecule has 3 nitrogen and oxygen atoms in total. The zero-order chi connectivity index (χ0) is 25.0. The summed E-state index contributed by atoms with van der Waals surface area (Å²) in [5.74, 6) is 0.491. The maximum Gasteiger partial charge on any atom is 0.191 e. The topological polar surface area (TPSA) is 38.5 Å². The standard InChI is InChI=1S/C28H28Cl2NO2P/c1-18(2)12-21-8-9-22(17-27(21)31-3)28-25(29)15-20(16-26(28)30)14-23(32)13-19-6-10-24(11-7-19)34(4,5)33/h6-11,15-18H,12-14H2,1-2,4-5H3. The van der Waals surface area contributed by atoms with Gasteiger partial charge in [0.05, 0.1) is 16.6 Å². The summed E-state index contributed by atoms with van der Waals surface area (Å²) in [6.07, 6.45) is 1.32. The summed E-state index contributed by atoms with van der Waals surface area (Å²) >= 11 is 13.2. The van der Waals surface area contributed by atoms with Crippen molar-refractivity contribution in [1.82, 2.24) is 0 Å². The summed E-state index contributed by atoms with van der Waals surface area (Å²) in [5.41, 5.74) is 4.69. The molecule has 6 heteroatoms. The maximum atomic E-state index is 12.7. The molecule has 0 bridgehead atoms. The lowest BCUT2D eigenvalue weighted by atomic mass is 9.96. The fourth-order valence-electron chi connectivity index (χ4n) is 3.93. The highest BCUT2D eigenvalue weighted by Crippen LogP contribution is 2.39. The Bertz CT molecular complexity index is 1280. The van der Waals surface area contributed by atoms with Crippen LogP contribution in [0.5, 0.6) is 0 Å². The zero-order valence-electron chi connectivity index (χ0n) is 19.9. The largest absolute Gasteiger partial charge is 0.319 e. The number of hydrogen-bond acceptors (Lipinski definition) is 2. The number of nitrogens with zero attached hydrogens (tertiary/aromatic N) is 1. The van der Waals surface area contributed by atoms with E-state index in [1.54, 1.807) is 25.5 Å². The van der Waals surface area contributed by atoms with E-state index in [0.717, 1.165) is 34.0 Å². The molecular weight excluding hydrogens is 484 g/mol. The quantitative estimate of drug-likeness (QED) is 0.227. The van der Waals surface area contributed by atoms with Crippen LogP contribution >= 0.6 is 30.3 Å². The first-order valence-corrected chi connectivity index (χ1v) is 14.5. The van der Waals surface area contributed by atoms with Crippen molar-refractivity contribution >= 4 is 47.1 Å². The number of Topliss-reactive ketones (excluding diaryl/α,β-unsaturated/α-hetero) is 1. The van der Waals surface area contributed by atoms with Gasteiger partial charge in [-0.2, -0.15) is 0 Å². The molecule has 3 aromatic rings. The summed E-state index contributed by atoms with van der Waals surface area (Å²) in [6.45, 7) is 15.3. The van der Waals surface area contributed by atoms with E-state index in [1.165, 1.54) is 0 Å². The predicted octanol–water partition coefficient (Wildman–Crippen LogP) is 8.01. The van der Waals surface area contributed by atoms with Crippen LogP contribution in [0.2, 0.25) is 10.0 Å². The highest BCUT2D eigenvalue weighted by atomic mass is 35.5. The first kappa shape index (κ1) is 26.2. The SMILES string of the molecule is [C-]#[N+]c1cc(-c2c(Cl)cc(CC(=O)Cc3ccc(P(C)(C)=O)cc3)cc2Cl)ccc1CC(C)C. The minimum absolute atomic E-state index is 0.0390. The summed E-state index contributed by atoms with van der Waals surface area (Å²) in [7, 11) is -2.31. The van der Waals surface area contributed by atoms with Gasteiger partial charge in [-0.05, 0) is 66.1 Å². The van der Waals surface area contributed by atoms with Crippen molar-refractivity contribution in [2.75, 3.05) is 13.3 Å². The zero-order valence-corrected chi connectivity index (χ0v) is 22.3. The molecule has 176 valence electrons. The second-order valence-corrected chi connectivity index (χ2v) is 13.4. The highest BCUT2D eigenvalue weighted by Gasteiger charge is 2.16. The van der Waals surface area contributed by atoms with Gasteiger partial charge in [-0.3, -0.25) is 4.79 Å². The van der Waals surface area contributed by atoms with Gasteiger partial charge in [0.1, 0.15) is 12.9 Å². The monoisotopic (exact) mass is 511 g/mol. The van der Waals surface area contributed by atoms with E-state index in [2.05, 4.69) is 18.7 Å². The van der Waals surface area contributed by atoms with Crippen molar-refractivity contribution in [1.29, 1.82) is 0 Å². The minimum atomic E-state index is -2.31. The van der Waals surface area contributed by atoms with Gasteiger partial charge in [-0.1, -0.05) is 73.4 Å². The van der Waals surface area contributed by atoms with Crippen LogP contribution in [-0.4, -0.2) is 19.1 Å². The van der Waals surface area contributed by atoms with Gasteiger partial charge in [0.2, 0.25) is 0 Å². The van der Waals surface area contributed by atoms with Gasteiger partial charge in [-0.15, -0.1) is 0 Å². The number of halogens is 2. The third kappa shape index (κ3) is 6.61. The molecule has 0 saturated carbocycles. The Balaban J connectivity index is 1.79. The lowest BCUT2D eigenvalue weighted by Crippen LogP contribution is -2.08. The number of hydrogen-bond donors (Lipinski definition) is 0. The second kappa shape index (κ2) is 10.9. The molecule has 0 saturated heterocycles. The van der Waals surface area contributed by atoms with Crippen LogP contribution in [0.15, 0.2) is 54.6 Å². The van der Waals surface area contributed by atoms with Crippen molar-refractivity contribution in [3.05, 3.63) is 92.8 Å². The van der Waals surface area contributed by atoms with Crippen molar-refractivity contribution in [2.24, 2.45) is 5.92 Å². The third-order valence-corrected chi connectivity index (χ3v) is 7.72. The number of carbonyl (C=O) groups excluding carboxylic acids is 1. The van der Waals surface area contributed by atoms with Crippen molar-refractivity contribution in [2.45, 2.75) is 33.1 Å². The van der Waals surface area contributed by atoms with E-state index in [-0.39, 0.29) is 18.6 Å². The summed E-state index contributed by atoms with van der Waals surface area (Å²) < 4.78 is 12.2. The Kier molecular flexibility index (Phi) is 8.43. The summed E-state index contributed by atoms with van der Waals surface area (Å²) in [4.78, 5) is 16.4. The Morgan fingerprint density at radius 1 is 0.941 bits per heavy atom. The smallest absolute Gasteiger partial charge is 0.191 e. The van der Waals surface area contributed by atoms with Gasteiger partial charge < -0.3 is 4.57 Å². The van der Waals surface area contributed by atoms with Crippen LogP contribution in [0.4, 0.5) is 5.69 Å². The molecular formula is C28H28Cl2NO2P. The number of benzene rings is 3. The molecule has 0 heterocycles. The molecule has 0 amide bonds. The average molecular weight is 512 g/mol. The van der Waals surface area contributed by atoms with Crippen molar-refractivity contribution < 1.29 is 9.36 Å². The van der Waals surface area contributed by atoms with E-state index in [9.17, 15) is 9.36 Å². The van der Waals surface area contributed by atoms with Crippen molar-refractivity contribution in [3.8, 4) is 11.1 Å². The molecule has 0 spiro atoms. The van der Waals surface area contributed by atoms with E-state index in [1.807, 2.05) is 42.5 Å². The highest BCUT2D eigenvalue weighted by molar-refractivity contribution is 7.70. The van der Waals surface area contributed by atoms with Crippen LogP contribution in [0.3, 0.4) is 0 Å².